The van der Waals surface area contributed by atoms with Gasteiger partial charge in [-0.05, 0) is 52.7 Å². The molecule has 0 aromatic rings. The van der Waals surface area contributed by atoms with E-state index in [0.717, 1.165) is 19.5 Å². The summed E-state index contributed by atoms with van der Waals surface area (Å²) in [6.07, 6.45) is 4.81. The molecule has 4 heteroatoms. The van der Waals surface area contributed by atoms with E-state index in [1.807, 2.05) is 13.8 Å². The van der Waals surface area contributed by atoms with Crippen LogP contribution in [0.5, 0.6) is 0 Å². The summed E-state index contributed by atoms with van der Waals surface area (Å²) in [6.45, 7) is 8.18. The fourth-order valence-electron chi connectivity index (χ4n) is 2.41. The van der Waals surface area contributed by atoms with Crippen molar-refractivity contribution >= 4 is 0 Å². The van der Waals surface area contributed by atoms with E-state index < -0.39 is 0 Å². The quantitative estimate of drug-likeness (QED) is 0.540. The first-order chi connectivity index (χ1) is 8.02. The number of aliphatic hydroxyl groups is 1. The van der Waals surface area contributed by atoms with Gasteiger partial charge in [-0.25, -0.2) is 0 Å². The molecule has 102 valence electrons. The molecule has 0 saturated carbocycles. The lowest BCUT2D eigenvalue weighted by molar-refractivity contribution is 0.0445. The highest BCUT2D eigenvalue weighted by Crippen LogP contribution is 2.21. The van der Waals surface area contributed by atoms with Crippen LogP contribution in [0.2, 0.25) is 0 Å². The van der Waals surface area contributed by atoms with Gasteiger partial charge in [0.2, 0.25) is 0 Å². The number of aliphatic hydroxyl groups excluding tert-OH is 1. The molecule has 2 rings (SSSR count). The fraction of sp³-hybridized carbons (Fsp3) is 1.00. The molecule has 17 heavy (non-hydrogen) atoms. The average Bonchev–Trinajstić information content (AvgIpc) is 2.31. The van der Waals surface area contributed by atoms with E-state index in [-0.39, 0.29) is 17.6 Å². The highest BCUT2D eigenvalue weighted by molar-refractivity contribution is 4.91. The van der Waals surface area contributed by atoms with Crippen LogP contribution in [0.3, 0.4) is 0 Å². The van der Waals surface area contributed by atoms with Gasteiger partial charge in [0.15, 0.2) is 0 Å². The van der Waals surface area contributed by atoms with Gasteiger partial charge in [-0.1, -0.05) is 6.42 Å². The van der Waals surface area contributed by atoms with Crippen LogP contribution in [0.1, 0.15) is 39.5 Å². The molecule has 0 spiro atoms. The second-order valence-corrected chi connectivity index (χ2v) is 5.80. The summed E-state index contributed by atoms with van der Waals surface area (Å²) in [5.74, 6) is 0.191. The fourth-order valence-corrected chi connectivity index (χ4v) is 2.41. The van der Waals surface area contributed by atoms with E-state index >= 15 is 0 Å². The number of piperidine rings is 2. The molecule has 2 unspecified atom stereocenters. The summed E-state index contributed by atoms with van der Waals surface area (Å²) in [7, 11) is 0. The van der Waals surface area contributed by atoms with Crippen LogP contribution in [0, 0.1) is 5.92 Å². The minimum absolute atomic E-state index is 0.191. The second kappa shape index (κ2) is 7.31. The number of hydrogen-bond acceptors (Lipinski definition) is 4. The van der Waals surface area contributed by atoms with E-state index in [4.69, 9.17) is 5.73 Å². The molecule has 0 aliphatic carbocycles. The predicted molar refractivity (Wildman–Crippen MR) is 72.0 cm³/mol. The molecule has 2 aliphatic heterocycles. The zero-order chi connectivity index (χ0) is 12.7. The van der Waals surface area contributed by atoms with Crippen molar-refractivity contribution in [1.29, 1.82) is 0 Å². The largest absolute Gasteiger partial charge is 0.393 e. The Bertz CT molecular complexity index is 188. The third kappa shape index (κ3) is 5.82. The van der Waals surface area contributed by atoms with Crippen molar-refractivity contribution in [2.24, 2.45) is 11.7 Å². The second-order valence-electron chi connectivity index (χ2n) is 5.80. The molecular formula is C13H29N3O. The monoisotopic (exact) mass is 243 g/mol. The van der Waals surface area contributed by atoms with Crippen molar-refractivity contribution in [3.8, 4) is 0 Å². The lowest BCUT2D eigenvalue weighted by Gasteiger charge is -2.37. The van der Waals surface area contributed by atoms with Gasteiger partial charge in [0.05, 0.1) is 6.10 Å². The van der Waals surface area contributed by atoms with Crippen molar-refractivity contribution in [1.82, 2.24) is 10.6 Å². The number of rotatable bonds is 1. The zero-order valence-electron chi connectivity index (χ0n) is 11.3. The summed E-state index contributed by atoms with van der Waals surface area (Å²) in [5.41, 5.74) is 5.63. The molecule has 2 aliphatic rings. The van der Waals surface area contributed by atoms with Gasteiger partial charge in [-0.3, -0.25) is 0 Å². The summed E-state index contributed by atoms with van der Waals surface area (Å²) >= 11 is 0. The summed E-state index contributed by atoms with van der Waals surface area (Å²) in [6, 6.07) is 0. The van der Waals surface area contributed by atoms with Crippen LogP contribution in [0.4, 0.5) is 0 Å². The first kappa shape index (κ1) is 14.9. The van der Waals surface area contributed by atoms with Crippen molar-refractivity contribution in [2.75, 3.05) is 26.2 Å². The molecule has 2 atom stereocenters. The first-order valence-corrected chi connectivity index (χ1v) is 6.90. The average molecular weight is 243 g/mol. The Kier molecular flexibility index (Phi) is 6.41. The van der Waals surface area contributed by atoms with Crippen LogP contribution < -0.4 is 16.4 Å². The summed E-state index contributed by atoms with van der Waals surface area (Å²) < 4.78 is 0. The number of nitrogens with two attached hydrogens (primary N) is 1. The van der Waals surface area contributed by atoms with Crippen LogP contribution in [-0.4, -0.2) is 42.9 Å². The lowest BCUT2D eigenvalue weighted by Crippen LogP contribution is -2.54. The Morgan fingerprint density at radius 2 is 1.71 bits per heavy atom. The SMILES string of the molecule is C1CCNCC1.CC(C)(N)C1CNCCC1O. The first-order valence-electron chi connectivity index (χ1n) is 6.90. The van der Waals surface area contributed by atoms with Gasteiger partial charge >= 0.3 is 0 Å². The van der Waals surface area contributed by atoms with Gasteiger partial charge in [0.25, 0.3) is 0 Å². The van der Waals surface area contributed by atoms with E-state index in [9.17, 15) is 5.11 Å². The number of nitrogens with one attached hydrogen (secondary N) is 2. The van der Waals surface area contributed by atoms with Crippen molar-refractivity contribution in [2.45, 2.75) is 51.2 Å². The lowest BCUT2D eigenvalue weighted by atomic mass is 9.81. The Hall–Kier alpha value is -0.160. The third-order valence-electron chi connectivity index (χ3n) is 3.61. The van der Waals surface area contributed by atoms with Crippen LogP contribution >= 0.6 is 0 Å². The standard InChI is InChI=1S/C8H18N2O.C5H11N/c1-8(2,9)6-5-10-4-3-7(6)11;1-2-4-6-5-3-1/h6-7,10-11H,3-5,9H2,1-2H3;6H,1-5H2. The molecule has 5 N–H and O–H groups in total. The summed E-state index contributed by atoms with van der Waals surface area (Å²) in [5, 5.41) is 16.1. The van der Waals surface area contributed by atoms with Gasteiger partial charge < -0.3 is 21.5 Å². The normalized spacial score (nSPS) is 30.4. The molecule has 0 radical (unpaired) electrons. The van der Waals surface area contributed by atoms with E-state index in [0.29, 0.717) is 0 Å². The predicted octanol–water partition coefficient (Wildman–Crippen LogP) is 0.454. The van der Waals surface area contributed by atoms with Gasteiger partial charge in [0.1, 0.15) is 0 Å². The van der Waals surface area contributed by atoms with Crippen molar-refractivity contribution in [3.63, 3.8) is 0 Å². The van der Waals surface area contributed by atoms with E-state index in [1.54, 1.807) is 0 Å². The van der Waals surface area contributed by atoms with E-state index in [1.165, 1.54) is 32.4 Å². The third-order valence-corrected chi connectivity index (χ3v) is 3.61. The minimum Gasteiger partial charge on any atom is -0.393 e. The maximum absolute atomic E-state index is 9.58. The van der Waals surface area contributed by atoms with Gasteiger partial charge in [0, 0.05) is 18.0 Å². The van der Waals surface area contributed by atoms with Crippen LogP contribution in [0.15, 0.2) is 0 Å². The molecule has 4 nitrogen and oxygen atoms in total. The maximum atomic E-state index is 9.58. The zero-order valence-corrected chi connectivity index (χ0v) is 11.3. The summed E-state index contributed by atoms with van der Waals surface area (Å²) in [4.78, 5) is 0. The Labute approximate surface area is 105 Å². The molecule has 0 aromatic carbocycles. The van der Waals surface area contributed by atoms with Gasteiger partial charge in [-0.2, -0.15) is 0 Å². The molecule has 2 heterocycles. The molecule has 2 saturated heterocycles. The molecule has 0 aromatic heterocycles. The van der Waals surface area contributed by atoms with Gasteiger partial charge in [-0.15, -0.1) is 0 Å². The highest BCUT2D eigenvalue weighted by atomic mass is 16.3. The van der Waals surface area contributed by atoms with Crippen LogP contribution in [-0.2, 0) is 0 Å². The van der Waals surface area contributed by atoms with Crippen molar-refractivity contribution in [3.05, 3.63) is 0 Å². The highest BCUT2D eigenvalue weighted by Gasteiger charge is 2.33. The Morgan fingerprint density at radius 1 is 1.06 bits per heavy atom. The number of hydrogen-bond donors (Lipinski definition) is 4. The Balaban J connectivity index is 0.000000202. The van der Waals surface area contributed by atoms with Crippen molar-refractivity contribution < 1.29 is 5.11 Å². The minimum atomic E-state index is -0.271. The molecule has 2 fully saturated rings. The van der Waals surface area contributed by atoms with Crippen LogP contribution in [0.25, 0.3) is 0 Å². The topological polar surface area (TPSA) is 70.3 Å². The Morgan fingerprint density at radius 3 is 2.00 bits per heavy atom. The molecule has 0 amide bonds. The van der Waals surface area contributed by atoms with E-state index in [2.05, 4.69) is 10.6 Å². The smallest absolute Gasteiger partial charge is 0.0610 e. The molecular weight excluding hydrogens is 214 g/mol. The maximum Gasteiger partial charge on any atom is 0.0610 e. The molecule has 0 bridgehead atoms.